The molecular formula is C26H27F3N8OS. The molecule has 0 spiro atoms. The molecule has 4 rings (SSSR count). The number of nitrogens with zero attached hydrogens (tertiary/aromatic N) is 6. The lowest BCUT2D eigenvalue weighted by molar-refractivity contribution is -0.138. The summed E-state index contributed by atoms with van der Waals surface area (Å²) in [7, 11) is 3.76. The van der Waals surface area contributed by atoms with Crippen LogP contribution in [0.5, 0.6) is 0 Å². The molecule has 1 aromatic carbocycles. The van der Waals surface area contributed by atoms with Crippen LogP contribution in [0.3, 0.4) is 0 Å². The van der Waals surface area contributed by atoms with Crippen molar-refractivity contribution in [3.8, 4) is 11.8 Å². The van der Waals surface area contributed by atoms with E-state index >= 15 is 0 Å². The predicted molar refractivity (Wildman–Crippen MR) is 145 cm³/mol. The molecule has 0 atom stereocenters. The van der Waals surface area contributed by atoms with Crippen LogP contribution in [-0.4, -0.2) is 64.1 Å². The average Bonchev–Trinajstić information content (AvgIpc) is 3.52. The van der Waals surface area contributed by atoms with Crippen molar-refractivity contribution in [3.05, 3.63) is 70.0 Å². The van der Waals surface area contributed by atoms with Crippen LogP contribution in [0.25, 0.3) is 5.65 Å². The van der Waals surface area contributed by atoms with Gasteiger partial charge in [-0.1, -0.05) is 24.3 Å². The van der Waals surface area contributed by atoms with Gasteiger partial charge < -0.3 is 10.6 Å². The molecule has 0 unspecified atom stereocenters. The number of benzene rings is 1. The Kier molecular flexibility index (Phi) is 8.49. The molecule has 9 nitrogen and oxygen atoms in total. The van der Waals surface area contributed by atoms with E-state index in [1.165, 1.54) is 18.3 Å². The molecule has 0 fully saturated rings. The van der Waals surface area contributed by atoms with E-state index in [1.54, 1.807) is 10.7 Å². The Morgan fingerprint density at radius 3 is 2.64 bits per heavy atom. The molecule has 204 valence electrons. The van der Waals surface area contributed by atoms with E-state index in [1.807, 2.05) is 43.0 Å². The summed E-state index contributed by atoms with van der Waals surface area (Å²) in [6.45, 7) is 3.29. The predicted octanol–water partition coefficient (Wildman–Crippen LogP) is 3.70. The van der Waals surface area contributed by atoms with Crippen LogP contribution in [-0.2, 0) is 12.7 Å². The van der Waals surface area contributed by atoms with E-state index in [-0.39, 0.29) is 22.8 Å². The molecule has 0 aliphatic heterocycles. The molecule has 13 heteroatoms. The summed E-state index contributed by atoms with van der Waals surface area (Å²) in [4.78, 5) is 25.4. The summed E-state index contributed by atoms with van der Waals surface area (Å²) in [6.07, 6.45) is -1.52. The Bertz CT molecular complexity index is 1530. The number of carbonyl (C=O) groups excluding carboxylic acids is 1. The summed E-state index contributed by atoms with van der Waals surface area (Å²) in [5, 5.41) is 7.28. The average molecular weight is 557 g/mol. The van der Waals surface area contributed by atoms with Crippen molar-refractivity contribution in [1.29, 1.82) is 0 Å². The second-order valence-corrected chi connectivity index (χ2v) is 9.79. The maximum absolute atomic E-state index is 13.8. The molecule has 0 aliphatic rings. The van der Waals surface area contributed by atoms with Crippen LogP contribution in [0.15, 0.2) is 42.7 Å². The van der Waals surface area contributed by atoms with Gasteiger partial charge in [-0.25, -0.2) is 14.5 Å². The third-order valence-electron chi connectivity index (χ3n) is 5.81. The highest BCUT2D eigenvalue weighted by atomic mass is 32.1. The summed E-state index contributed by atoms with van der Waals surface area (Å²) in [6, 6.07) is 7.27. The van der Waals surface area contributed by atoms with Crippen molar-refractivity contribution < 1.29 is 18.0 Å². The normalized spacial score (nSPS) is 11.5. The second-order valence-electron chi connectivity index (χ2n) is 8.76. The molecule has 3 aromatic heterocycles. The lowest BCUT2D eigenvalue weighted by Crippen LogP contribution is -2.30. The first-order valence-corrected chi connectivity index (χ1v) is 12.8. The number of hydrogen-bond acceptors (Lipinski definition) is 8. The molecule has 3 N–H and O–H groups in total. The van der Waals surface area contributed by atoms with E-state index < -0.39 is 17.6 Å². The number of halogens is 3. The van der Waals surface area contributed by atoms with Crippen molar-refractivity contribution in [1.82, 2.24) is 24.5 Å². The van der Waals surface area contributed by atoms with Crippen molar-refractivity contribution in [3.63, 3.8) is 0 Å². The van der Waals surface area contributed by atoms with Crippen LogP contribution >= 0.6 is 11.3 Å². The largest absolute Gasteiger partial charge is 0.416 e. The van der Waals surface area contributed by atoms with Crippen molar-refractivity contribution in [2.75, 3.05) is 43.9 Å². The summed E-state index contributed by atoms with van der Waals surface area (Å²) in [5.41, 5.74) is 5.89. The summed E-state index contributed by atoms with van der Waals surface area (Å²) in [5.74, 6) is 6.01. The monoisotopic (exact) mass is 556 g/mol. The van der Waals surface area contributed by atoms with Gasteiger partial charge in [0.1, 0.15) is 11.5 Å². The number of imidazole rings is 1. The Morgan fingerprint density at radius 2 is 1.95 bits per heavy atom. The van der Waals surface area contributed by atoms with E-state index in [4.69, 9.17) is 5.73 Å². The topological polar surface area (TPSA) is 105 Å². The van der Waals surface area contributed by atoms with Gasteiger partial charge in [-0.3, -0.25) is 15.0 Å². The highest BCUT2D eigenvalue weighted by Crippen LogP contribution is 2.33. The van der Waals surface area contributed by atoms with Gasteiger partial charge in [-0.15, -0.1) is 5.10 Å². The zero-order valence-corrected chi connectivity index (χ0v) is 22.4. The highest BCUT2D eigenvalue weighted by molar-refractivity contribution is 7.16. The van der Waals surface area contributed by atoms with Gasteiger partial charge in [0.25, 0.3) is 5.91 Å². The van der Waals surface area contributed by atoms with Gasteiger partial charge >= 0.3 is 6.18 Å². The number of alkyl halides is 3. The van der Waals surface area contributed by atoms with Gasteiger partial charge in [0.05, 0.1) is 22.8 Å². The SMILES string of the molecule is CCN(CCN)Cc1ccc(C(=O)Nc2ncc(C#Cc3cnc4ccc(N(C)C)nn34)s2)cc1C(F)(F)F. The van der Waals surface area contributed by atoms with Gasteiger partial charge in [0.2, 0.25) is 0 Å². The van der Waals surface area contributed by atoms with Gasteiger partial charge in [0.15, 0.2) is 10.8 Å². The number of amides is 1. The lowest BCUT2D eigenvalue weighted by Gasteiger charge is -2.22. The van der Waals surface area contributed by atoms with Crippen molar-refractivity contribution >= 4 is 33.8 Å². The smallest absolute Gasteiger partial charge is 0.361 e. The molecular weight excluding hydrogens is 529 g/mol. The fraction of sp³-hybridized carbons (Fsp3) is 0.308. The summed E-state index contributed by atoms with van der Waals surface area (Å²) < 4.78 is 43.1. The fourth-order valence-corrected chi connectivity index (χ4v) is 4.43. The maximum atomic E-state index is 13.8. The minimum absolute atomic E-state index is 0.0808. The molecule has 3 heterocycles. The number of aromatic nitrogens is 4. The van der Waals surface area contributed by atoms with Crippen LogP contribution < -0.4 is 16.0 Å². The van der Waals surface area contributed by atoms with Crippen LogP contribution in [0.2, 0.25) is 0 Å². The minimum atomic E-state index is -4.61. The van der Waals surface area contributed by atoms with Crippen LogP contribution in [0.4, 0.5) is 24.1 Å². The number of likely N-dealkylation sites (N-methyl/N-ethyl adjacent to an activating group) is 1. The van der Waals surface area contributed by atoms with Gasteiger partial charge in [-0.05, 0) is 48.2 Å². The highest BCUT2D eigenvalue weighted by Gasteiger charge is 2.34. The van der Waals surface area contributed by atoms with Gasteiger partial charge in [0, 0.05) is 39.3 Å². The molecule has 39 heavy (non-hydrogen) atoms. The minimum Gasteiger partial charge on any atom is -0.361 e. The Labute approximate surface area is 227 Å². The third-order valence-corrected chi connectivity index (χ3v) is 6.64. The standard InChI is InChI=1S/C26H27F3N8OS/c1-4-36(12-11-30)16-18-6-5-17(13-21(18)26(27,28)29)24(38)33-25-32-15-20(39-25)8-7-19-14-31-22-9-10-23(35(2)3)34-37(19)22/h5-6,9-10,13-15H,4,11-12,16,30H2,1-3H3,(H,32,33,38). The Hall–Kier alpha value is -3.99. The fourth-order valence-electron chi connectivity index (χ4n) is 3.76. The first-order chi connectivity index (χ1) is 18.6. The first-order valence-electron chi connectivity index (χ1n) is 12.0. The quantitative estimate of drug-likeness (QED) is 0.319. The number of rotatable bonds is 8. The molecule has 0 aliphatic carbocycles. The Morgan fingerprint density at radius 1 is 1.15 bits per heavy atom. The number of hydrogen-bond donors (Lipinski definition) is 2. The first kappa shape index (κ1) is 28.0. The molecule has 1 amide bonds. The van der Waals surface area contributed by atoms with E-state index in [2.05, 4.69) is 32.2 Å². The summed E-state index contributed by atoms with van der Waals surface area (Å²) >= 11 is 1.11. The van der Waals surface area contributed by atoms with Crippen molar-refractivity contribution in [2.24, 2.45) is 5.73 Å². The molecule has 4 aromatic rings. The van der Waals surface area contributed by atoms with Crippen LogP contribution in [0.1, 0.15) is 39.0 Å². The molecule has 0 saturated heterocycles. The number of thiazole rings is 1. The number of fused-ring (bicyclic) bond motifs is 1. The Balaban J connectivity index is 1.51. The van der Waals surface area contributed by atoms with Crippen molar-refractivity contribution in [2.45, 2.75) is 19.6 Å². The second kappa shape index (κ2) is 11.8. The lowest BCUT2D eigenvalue weighted by atomic mass is 10.0. The van der Waals surface area contributed by atoms with Crippen LogP contribution in [0, 0.1) is 11.8 Å². The third kappa shape index (κ3) is 6.72. The number of nitrogens with two attached hydrogens (primary N) is 1. The zero-order valence-electron chi connectivity index (χ0n) is 21.6. The van der Waals surface area contributed by atoms with E-state index in [9.17, 15) is 18.0 Å². The maximum Gasteiger partial charge on any atom is 0.416 e. The number of carbonyl (C=O) groups is 1. The zero-order chi connectivity index (χ0) is 28.2. The number of nitrogens with one attached hydrogen (secondary N) is 1. The molecule has 0 bridgehead atoms. The van der Waals surface area contributed by atoms with E-state index in [0.29, 0.717) is 35.9 Å². The van der Waals surface area contributed by atoms with E-state index in [0.717, 1.165) is 23.2 Å². The molecule has 0 saturated carbocycles. The number of anilines is 2. The van der Waals surface area contributed by atoms with Gasteiger partial charge in [-0.2, -0.15) is 13.2 Å². The molecule has 0 radical (unpaired) electrons.